The Morgan fingerprint density at radius 2 is 1.97 bits per heavy atom. The van der Waals surface area contributed by atoms with Crippen LogP contribution in [0.1, 0.15) is 22.8 Å². The van der Waals surface area contributed by atoms with Crippen LogP contribution >= 0.6 is 11.6 Å². The van der Waals surface area contributed by atoms with Gasteiger partial charge in [-0.2, -0.15) is 0 Å². The highest BCUT2D eigenvalue weighted by molar-refractivity contribution is 6.34. The topological polar surface area (TPSA) is 99.2 Å². The first kappa shape index (κ1) is 22.6. The van der Waals surface area contributed by atoms with Gasteiger partial charge >= 0.3 is 0 Å². The monoisotopic (exact) mass is 445 g/mol. The lowest BCUT2D eigenvalue weighted by Crippen LogP contribution is -2.44. The number of amides is 3. The Morgan fingerprint density at radius 3 is 2.68 bits per heavy atom. The summed E-state index contributed by atoms with van der Waals surface area (Å²) in [6.45, 7) is 2.17. The molecule has 164 valence electrons. The maximum Gasteiger partial charge on any atom is 0.260 e. The number of anilines is 1. The van der Waals surface area contributed by atoms with Crippen LogP contribution < -0.4 is 15.0 Å². The Kier molecular flexibility index (Phi) is 7.49. The lowest BCUT2D eigenvalue weighted by molar-refractivity contribution is -0.135. The van der Waals surface area contributed by atoms with E-state index in [1.807, 2.05) is 19.1 Å². The van der Waals surface area contributed by atoms with Crippen LogP contribution in [0.3, 0.4) is 0 Å². The van der Waals surface area contributed by atoms with Gasteiger partial charge in [-0.1, -0.05) is 29.8 Å². The molecule has 0 aliphatic carbocycles. The second kappa shape index (κ2) is 10.3. The van der Waals surface area contributed by atoms with Crippen molar-refractivity contribution in [1.29, 1.82) is 0 Å². The molecule has 0 saturated heterocycles. The fraction of sp³-hybridized carbons (Fsp3) is 0.318. The van der Waals surface area contributed by atoms with E-state index in [0.29, 0.717) is 18.0 Å². The number of carbonyl (C=O) groups excluding carboxylic acids is 3. The number of likely N-dealkylation sites (N-methyl/N-ethyl adjacent to an activating group) is 1. The summed E-state index contributed by atoms with van der Waals surface area (Å²) < 4.78 is 5.32. The molecular formula is C22H24ClN3O5. The third-order valence-corrected chi connectivity index (χ3v) is 5.09. The van der Waals surface area contributed by atoms with E-state index in [9.17, 15) is 14.4 Å². The fourth-order valence-electron chi connectivity index (χ4n) is 3.34. The third-order valence-electron chi connectivity index (χ3n) is 4.77. The molecule has 0 bridgehead atoms. The molecule has 31 heavy (non-hydrogen) atoms. The zero-order valence-electron chi connectivity index (χ0n) is 17.1. The molecule has 2 aromatic rings. The lowest BCUT2D eigenvalue weighted by atomic mass is 10.1. The number of benzene rings is 2. The fourth-order valence-corrected chi connectivity index (χ4v) is 3.59. The molecule has 0 aromatic heterocycles. The van der Waals surface area contributed by atoms with Crippen molar-refractivity contribution in [1.82, 2.24) is 10.2 Å². The van der Waals surface area contributed by atoms with Crippen molar-refractivity contribution in [2.24, 2.45) is 0 Å². The van der Waals surface area contributed by atoms with Gasteiger partial charge in [0.1, 0.15) is 18.9 Å². The van der Waals surface area contributed by atoms with Crippen LogP contribution in [0.4, 0.5) is 5.69 Å². The number of aliphatic hydroxyl groups excluding tert-OH is 1. The SMILES string of the molecule is CCNC(=O)CN1Cc2ccccc2N(C(=O)c2ccc(OCCO)cc2Cl)CC1=O. The number of fused-ring (bicyclic) bond motifs is 1. The summed E-state index contributed by atoms with van der Waals surface area (Å²) in [7, 11) is 0. The highest BCUT2D eigenvalue weighted by Crippen LogP contribution is 2.30. The molecule has 0 atom stereocenters. The van der Waals surface area contributed by atoms with Crippen LogP contribution in [0, 0.1) is 0 Å². The number of aliphatic hydroxyl groups is 1. The minimum absolute atomic E-state index is 0.0827. The van der Waals surface area contributed by atoms with Gasteiger partial charge in [-0.3, -0.25) is 19.3 Å². The predicted octanol–water partition coefficient (Wildman–Crippen LogP) is 1.84. The van der Waals surface area contributed by atoms with Crippen molar-refractivity contribution in [2.75, 3.05) is 37.7 Å². The molecule has 0 saturated carbocycles. The van der Waals surface area contributed by atoms with Crippen molar-refractivity contribution < 1.29 is 24.2 Å². The number of hydrogen-bond donors (Lipinski definition) is 2. The summed E-state index contributed by atoms with van der Waals surface area (Å²) in [5, 5.41) is 11.7. The standard InChI is InChI=1S/C22H24ClN3O5/c1-2-24-20(28)13-25-12-15-5-3-4-6-19(15)26(14-21(25)29)22(30)17-8-7-16(11-18(17)23)31-10-9-27/h3-8,11,27H,2,9-10,12-14H2,1H3,(H,24,28). The van der Waals surface area contributed by atoms with Gasteiger partial charge in [-0.05, 0) is 36.8 Å². The van der Waals surface area contributed by atoms with Gasteiger partial charge in [-0.25, -0.2) is 0 Å². The van der Waals surface area contributed by atoms with Gasteiger partial charge < -0.3 is 20.1 Å². The molecule has 3 rings (SSSR count). The molecule has 0 spiro atoms. The second-order valence-electron chi connectivity index (χ2n) is 6.94. The van der Waals surface area contributed by atoms with Gasteiger partial charge in [0.25, 0.3) is 5.91 Å². The zero-order chi connectivity index (χ0) is 22.4. The van der Waals surface area contributed by atoms with Crippen LogP contribution in [0.15, 0.2) is 42.5 Å². The van der Waals surface area contributed by atoms with Gasteiger partial charge in [-0.15, -0.1) is 0 Å². The summed E-state index contributed by atoms with van der Waals surface area (Å²) in [6.07, 6.45) is 0. The van der Waals surface area contributed by atoms with E-state index in [1.54, 1.807) is 18.2 Å². The maximum atomic E-state index is 13.3. The molecule has 1 aliphatic rings. The molecule has 0 radical (unpaired) electrons. The van der Waals surface area contributed by atoms with Gasteiger partial charge in [0.2, 0.25) is 11.8 Å². The normalized spacial score (nSPS) is 13.5. The van der Waals surface area contributed by atoms with E-state index >= 15 is 0 Å². The molecule has 2 aromatic carbocycles. The van der Waals surface area contributed by atoms with Crippen molar-refractivity contribution in [3.63, 3.8) is 0 Å². The average Bonchev–Trinajstić information content (AvgIpc) is 2.89. The van der Waals surface area contributed by atoms with Crippen LogP contribution in [0.5, 0.6) is 5.75 Å². The Bertz CT molecular complexity index is 981. The van der Waals surface area contributed by atoms with Crippen LogP contribution in [-0.4, -0.2) is 60.6 Å². The smallest absolute Gasteiger partial charge is 0.260 e. The van der Waals surface area contributed by atoms with E-state index in [0.717, 1.165) is 5.56 Å². The third kappa shape index (κ3) is 5.34. The van der Waals surface area contributed by atoms with Crippen molar-refractivity contribution in [2.45, 2.75) is 13.5 Å². The average molecular weight is 446 g/mol. The maximum absolute atomic E-state index is 13.3. The molecule has 3 amide bonds. The van der Waals surface area contributed by atoms with E-state index < -0.39 is 5.91 Å². The zero-order valence-corrected chi connectivity index (χ0v) is 17.9. The highest BCUT2D eigenvalue weighted by atomic mass is 35.5. The Morgan fingerprint density at radius 1 is 1.19 bits per heavy atom. The van der Waals surface area contributed by atoms with E-state index in [4.69, 9.17) is 21.4 Å². The number of carbonyl (C=O) groups is 3. The van der Waals surface area contributed by atoms with Crippen molar-refractivity contribution in [3.05, 3.63) is 58.6 Å². The first-order valence-electron chi connectivity index (χ1n) is 9.92. The molecule has 1 aliphatic heterocycles. The highest BCUT2D eigenvalue weighted by Gasteiger charge is 2.31. The summed E-state index contributed by atoms with van der Waals surface area (Å²) >= 11 is 6.32. The number of ether oxygens (including phenoxy) is 1. The summed E-state index contributed by atoms with van der Waals surface area (Å²) in [5.74, 6) is -0.597. The number of halogens is 1. The summed E-state index contributed by atoms with van der Waals surface area (Å²) in [4.78, 5) is 41.1. The number of hydrogen-bond acceptors (Lipinski definition) is 5. The van der Waals surface area contributed by atoms with Crippen LogP contribution in [0.2, 0.25) is 5.02 Å². The predicted molar refractivity (Wildman–Crippen MR) is 116 cm³/mol. The summed E-state index contributed by atoms with van der Waals surface area (Å²) in [6, 6.07) is 11.8. The Hall–Kier alpha value is -3.10. The number of nitrogens with one attached hydrogen (secondary N) is 1. The quantitative estimate of drug-likeness (QED) is 0.677. The molecular weight excluding hydrogens is 422 g/mol. The largest absolute Gasteiger partial charge is 0.491 e. The summed E-state index contributed by atoms with van der Waals surface area (Å²) in [5.41, 5.74) is 1.57. The minimum Gasteiger partial charge on any atom is -0.491 e. The van der Waals surface area contributed by atoms with Crippen LogP contribution in [0.25, 0.3) is 0 Å². The molecule has 0 fully saturated rings. The van der Waals surface area contributed by atoms with E-state index in [2.05, 4.69) is 5.32 Å². The molecule has 8 nitrogen and oxygen atoms in total. The number of nitrogens with zero attached hydrogens (tertiary/aromatic N) is 2. The molecule has 1 heterocycles. The van der Waals surface area contributed by atoms with Gasteiger partial charge in [0, 0.05) is 18.8 Å². The number of rotatable bonds is 7. The molecule has 9 heteroatoms. The second-order valence-corrected chi connectivity index (χ2v) is 7.34. The minimum atomic E-state index is -0.431. The van der Waals surface area contributed by atoms with Crippen LogP contribution in [-0.2, 0) is 16.1 Å². The Labute approximate surface area is 185 Å². The first-order valence-corrected chi connectivity index (χ1v) is 10.3. The Balaban J connectivity index is 1.90. The van der Waals surface area contributed by atoms with E-state index in [1.165, 1.54) is 21.9 Å². The van der Waals surface area contributed by atoms with Gasteiger partial charge in [0.15, 0.2) is 0 Å². The number of para-hydroxylation sites is 1. The molecule has 0 unspecified atom stereocenters. The van der Waals surface area contributed by atoms with Crippen molar-refractivity contribution >= 4 is 35.0 Å². The lowest BCUT2D eigenvalue weighted by Gasteiger charge is -2.23. The van der Waals surface area contributed by atoms with Crippen molar-refractivity contribution in [3.8, 4) is 5.75 Å². The molecule has 2 N–H and O–H groups in total. The van der Waals surface area contributed by atoms with E-state index in [-0.39, 0.29) is 55.2 Å². The first-order chi connectivity index (χ1) is 14.9. The van der Waals surface area contributed by atoms with Gasteiger partial charge in [0.05, 0.1) is 23.7 Å².